The molecule has 1 aliphatic rings. The number of benzene rings is 2. The van der Waals surface area contributed by atoms with E-state index >= 15 is 0 Å². The molecular weight excluding hydrogens is 312 g/mol. The molecule has 0 unspecified atom stereocenters. The van der Waals surface area contributed by atoms with Crippen molar-refractivity contribution < 1.29 is 23.4 Å². The van der Waals surface area contributed by atoms with Crippen LogP contribution < -0.4 is 24.4 Å². The summed E-state index contributed by atoms with van der Waals surface area (Å²) in [5, 5.41) is 0.348. The van der Waals surface area contributed by atoms with Crippen LogP contribution in [0.5, 0.6) is 23.0 Å². The Hall–Kier alpha value is -3.15. The third-order valence-corrected chi connectivity index (χ3v) is 3.90. The molecule has 4 rings (SSSR count). The average molecular weight is 326 g/mol. The second-order valence-corrected chi connectivity index (χ2v) is 5.22. The fourth-order valence-electron chi connectivity index (χ4n) is 2.72. The first-order valence-corrected chi connectivity index (χ1v) is 7.30. The van der Waals surface area contributed by atoms with Gasteiger partial charge in [-0.05, 0) is 24.3 Å². The normalized spacial score (nSPS) is 12.4. The van der Waals surface area contributed by atoms with E-state index in [4.69, 9.17) is 23.4 Å². The molecule has 2 aromatic carbocycles. The minimum absolute atomic E-state index is 0.0461. The fourth-order valence-corrected chi connectivity index (χ4v) is 2.72. The lowest BCUT2D eigenvalue weighted by molar-refractivity contribution is 0.172. The summed E-state index contributed by atoms with van der Waals surface area (Å²) in [4.78, 5) is 12.6. The first-order chi connectivity index (χ1) is 11.7. The summed E-state index contributed by atoms with van der Waals surface area (Å²) in [5.41, 5.74) is 0.951. The summed E-state index contributed by atoms with van der Waals surface area (Å²) >= 11 is 0. The van der Waals surface area contributed by atoms with Gasteiger partial charge in [0.1, 0.15) is 22.5 Å². The van der Waals surface area contributed by atoms with E-state index in [0.29, 0.717) is 34.0 Å². The summed E-state index contributed by atoms with van der Waals surface area (Å²) in [7, 11) is 3.12. The highest BCUT2D eigenvalue weighted by Crippen LogP contribution is 2.45. The van der Waals surface area contributed by atoms with Gasteiger partial charge < -0.3 is 23.4 Å². The van der Waals surface area contributed by atoms with Crippen LogP contribution in [0.4, 0.5) is 0 Å². The lowest BCUT2D eigenvalue weighted by atomic mass is 10.1. The molecule has 6 heteroatoms. The topological polar surface area (TPSA) is 67.1 Å². The maximum absolute atomic E-state index is 12.6. The van der Waals surface area contributed by atoms with Gasteiger partial charge in [0.15, 0.2) is 16.9 Å². The summed E-state index contributed by atoms with van der Waals surface area (Å²) in [5.74, 6) is 2.43. The van der Waals surface area contributed by atoms with Crippen molar-refractivity contribution in [2.24, 2.45) is 0 Å². The third kappa shape index (κ3) is 2.15. The number of hydrogen-bond acceptors (Lipinski definition) is 6. The van der Waals surface area contributed by atoms with E-state index in [9.17, 15) is 4.79 Å². The molecule has 0 spiro atoms. The standard InChI is InChI=1S/C18H14O6/c1-20-11-5-3-10(4-6-11)13-7-12(19)16-14(24-13)8-15(21-2)17-18(16)23-9-22-17/h3-8H,9H2,1-2H3. The lowest BCUT2D eigenvalue weighted by Crippen LogP contribution is -2.02. The van der Waals surface area contributed by atoms with E-state index in [0.717, 1.165) is 11.3 Å². The van der Waals surface area contributed by atoms with Crippen molar-refractivity contribution in [2.45, 2.75) is 0 Å². The van der Waals surface area contributed by atoms with E-state index in [-0.39, 0.29) is 12.2 Å². The first-order valence-electron chi connectivity index (χ1n) is 7.30. The molecule has 0 fully saturated rings. The summed E-state index contributed by atoms with van der Waals surface area (Å²) in [6.07, 6.45) is 0. The Morgan fingerprint density at radius 1 is 0.958 bits per heavy atom. The molecular formula is C18H14O6. The minimum atomic E-state index is -0.202. The Labute approximate surface area is 137 Å². The number of rotatable bonds is 3. The van der Waals surface area contributed by atoms with Gasteiger partial charge >= 0.3 is 0 Å². The van der Waals surface area contributed by atoms with Crippen LogP contribution in [0.2, 0.25) is 0 Å². The molecule has 0 saturated carbocycles. The van der Waals surface area contributed by atoms with E-state index in [1.165, 1.54) is 13.2 Å². The maximum atomic E-state index is 12.6. The molecule has 1 aliphatic heterocycles. The van der Waals surface area contributed by atoms with Crippen LogP contribution in [0, 0.1) is 0 Å². The highest BCUT2D eigenvalue weighted by atomic mass is 16.7. The zero-order valence-electron chi connectivity index (χ0n) is 13.1. The molecule has 0 aliphatic carbocycles. The predicted octanol–water partition coefficient (Wildman–Crippen LogP) is 3.21. The fraction of sp³-hybridized carbons (Fsp3) is 0.167. The van der Waals surface area contributed by atoms with Crippen LogP contribution in [0.1, 0.15) is 0 Å². The van der Waals surface area contributed by atoms with Crippen molar-refractivity contribution in [1.29, 1.82) is 0 Å². The number of hydrogen-bond donors (Lipinski definition) is 0. The van der Waals surface area contributed by atoms with Crippen molar-refractivity contribution >= 4 is 11.0 Å². The molecule has 2 heterocycles. The van der Waals surface area contributed by atoms with Crippen LogP contribution in [0.3, 0.4) is 0 Å². The quantitative estimate of drug-likeness (QED) is 0.736. The van der Waals surface area contributed by atoms with Crippen molar-refractivity contribution in [3.05, 3.63) is 46.6 Å². The Bertz CT molecular complexity index is 971. The molecule has 3 aromatic rings. The Morgan fingerprint density at radius 2 is 1.71 bits per heavy atom. The van der Waals surface area contributed by atoms with Crippen molar-refractivity contribution in [3.8, 4) is 34.3 Å². The minimum Gasteiger partial charge on any atom is -0.497 e. The molecule has 0 atom stereocenters. The second-order valence-electron chi connectivity index (χ2n) is 5.22. The van der Waals surface area contributed by atoms with Gasteiger partial charge in [0.05, 0.1) is 14.2 Å². The molecule has 0 amide bonds. The summed E-state index contributed by atoms with van der Waals surface area (Å²) < 4.78 is 27.2. The van der Waals surface area contributed by atoms with Gasteiger partial charge in [-0.15, -0.1) is 0 Å². The average Bonchev–Trinajstić information content (AvgIpc) is 3.10. The van der Waals surface area contributed by atoms with Gasteiger partial charge in [-0.2, -0.15) is 0 Å². The number of ether oxygens (including phenoxy) is 4. The number of fused-ring (bicyclic) bond motifs is 3. The second kappa shape index (κ2) is 5.49. The molecule has 0 bridgehead atoms. The smallest absolute Gasteiger partial charge is 0.231 e. The molecule has 0 radical (unpaired) electrons. The summed E-state index contributed by atoms with van der Waals surface area (Å²) in [6, 6.07) is 10.3. The van der Waals surface area contributed by atoms with E-state index < -0.39 is 0 Å². The molecule has 0 N–H and O–H groups in total. The molecule has 24 heavy (non-hydrogen) atoms. The zero-order chi connectivity index (χ0) is 16.7. The van der Waals surface area contributed by atoms with Gasteiger partial charge in [-0.3, -0.25) is 4.79 Å². The van der Waals surface area contributed by atoms with Crippen molar-refractivity contribution in [1.82, 2.24) is 0 Å². The Kier molecular flexibility index (Phi) is 3.30. The van der Waals surface area contributed by atoms with E-state index in [2.05, 4.69) is 0 Å². The lowest BCUT2D eigenvalue weighted by Gasteiger charge is -2.09. The monoisotopic (exact) mass is 326 g/mol. The van der Waals surface area contributed by atoms with Crippen LogP contribution in [0.25, 0.3) is 22.3 Å². The van der Waals surface area contributed by atoms with Crippen LogP contribution in [-0.4, -0.2) is 21.0 Å². The van der Waals surface area contributed by atoms with Crippen molar-refractivity contribution in [2.75, 3.05) is 21.0 Å². The van der Waals surface area contributed by atoms with E-state index in [1.54, 1.807) is 25.3 Å². The maximum Gasteiger partial charge on any atom is 0.231 e. The van der Waals surface area contributed by atoms with Crippen LogP contribution in [0.15, 0.2) is 45.6 Å². The van der Waals surface area contributed by atoms with Gasteiger partial charge in [0.25, 0.3) is 0 Å². The van der Waals surface area contributed by atoms with Crippen LogP contribution in [-0.2, 0) is 0 Å². The molecule has 122 valence electrons. The third-order valence-electron chi connectivity index (χ3n) is 3.90. The van der Waals surface area contributed by atoms with Crippen LogP contribution >= 0.6 is 0 Å². The van der Waals surface area contributed by atoms with Gasteiger partial charge in [0.2, 0.25) is 12.5 Å². The SMILES string of the molecule is COc1ccc(-c2cc(=O)c3c4c(c(OC)cc3o2)OCO4)cc1. The molecule has 1 aromatic heterocycles. The molecule has 0 saturated heterocycles. The zero-order valence-corrected chi connectivity index (χ0v) is 13.1. The van der Waals surface area contributed by atoms with Crippen molar-refractivity contribution in [3.63, 3.8) is 0 Å². The number of methoxy groups -OCH3 is 2. The molecule has 6 nitrogen and oxygen atoms in total. The largest absolute Gasteiger partial charge is 0.497 e. The predicted molar refractivity (Wildman–Crippen MR) is 87.1 cm³/mol. The highest BCUT2D eigenvalue weighted by molar-refractivity contribution is 5.90. The van der Waals surface area contributed by atoms with E-state index in [1.807, 2.05) is 12.1 Å². The summed E-state index contributed by atoms with van der Waals surface area (Å²) in [6.45, 7) is 0.0461. The Morgan fingerprint density at radius 3 is 2.42 bits per heavy atom. The van der Waals surface area contributed by atoms with Gasteiger partial charge in [0, 0.05) is 17.7 Å². The van der Waals surface area contributed by atoms with Gasteiger partial charge in [-0.1, -0.05) is 0 Å². The Balaban J connectivity index is 1.93. The first kappa shape index (κ1) is 14.4. The van der Waals surface area contributed by atoms with Gasteiger partial charge in [-0.25, -0.2) is 0 Å². The highest BCUT2D eigenvalue weighted by Gasteiger charge is 2.25.